The molecule has 0 heterocycles. The van der Waals surface area contributed by atoms with Crippen LogP contribution in [0.2, 0.25) is 0 Å². The molecule has 0 saturated heterocycles. The zero-order chi connectivity index (χ0) is 11.8. The van der Waals surface area contributed by atoms with Gasteiger partial charge in [-0.15, -0.1) is 12.3 Å². The van der Waals surface area contributed by atoms with E-state index < -0.39 is 0 Å². The van der Waals surface area contributed by atoms with Gasteiger partial charge in [-0.05, 0) is 37.0 Å². The molecule has 1 aliphatic rings. The van der Waals surface area contributed by atoms with Crippen LogP contribution >= 0.6 is 0 Å². The van der Waals surface area contributed by atoms with Gasteiger partial charge in [-0.2, -0.15) is 0 Å². The minimum atomic E-state index is -0.239. The summed E-state index contributed by atoms with van der Waals surface area (Å²) in [5.74, 6) is 2.83. The Hall–Kier alpha value is -1.75. The van der Waals surface area contributed by atoms with Crippen molar-refractivity contribution < 1.29 is 4.79 Å². The lowest BCUT2D eigenvalue weighted by molar-refractivity contribution is -0.119. The summed E-state index contributed by atoms with van der Waals surface area (Å²) in [5, 5.41) is 0. The lowest BCUT2D eigenvalue weighted by Crippen LogP contribution is -2.17. The van der Waals surface area contributed by atoms with Gasteiger partial charge in [0.15, 0.2) is 0 Å². The number of benzene rings is 1. The first kappa shape index (κ1) is 10.8. The molecule has 2 rings (SSSR count). The molecule has 0 bridgehead atoms. The van der Waals surface area contributed by atoms with Crippen LogP contribution < -0.4 is 5.73 Å². The number of nitrogens with two attached hydrogens (primary N) is 1. The van der Waals surface area contributed by atoms with Crippen LogP contribution in [0.1, 0.15) is 30.9 Å². The summed E-state index contributed by atoms with van der Waals surface area (Å²) in [6, 6.07) is 5.79. The second-order valence-electron chi connectivity index (χ2n) is 4.43. The predicted molar refractivity (Wildman–Crippen MR) is 65.0 cm³/mol. The van der Waals surface area contributed by atoms with E-state index >= 15 is 0 Å². The molecule has 82 valence electrons. The number of ketones is 1. The Kier molecular flexibility index (Phi) is 2.47. The summed E-state index contributed by atoms with van der Waals surface area (Å²) in [4.78, 5) is 11.6. The molecule has 1 saturated carbocycles. The summed E-state index contributed by atoms with van der Waals surface area (Å²) < 4.78 is 0. The van der Waals surface area contributed by atoms with Gasteiger partial charge in [0, 0.05) is 12.1 Å². The largest absolute Gasteiger partial charge is 0.398 e. The summed E-state index contributed by atoms with van der Waals surface area (Å²) >= 11 is 0. The van der Waals surface area contributed by atoms with Crippen LogP contribution in [0.25, 0.3) is 0 Å². The highest BCUT2D eigenvalue weighted by atomic mass is 16.1. The molecule has 1 aromatic carbocycles. The van der Waals surface area contributed by atoms with Gasteiger partial charge in [0.1, 0.15) is 5.78 Å². The number of terminal acetylenes is 1. The first-order chi connectivity index (χ1) is 7.60. The molecule has 2 N–H and O–H groups in total. The molecule has 0 atom stereocenters. The van der Waals surface area contributed by atoms with Crippen molar-refractivity contribution >= 4 is 11.5 Å². The number of nitrogen functional groups attached to an aromatic ring is 1. The van der Waals surface area contributed by atoms with Crippen LogP contribution in [-0.2, 0) is 16.6 Å². The maximum Gasteiger partial charge on any atom is 0.140 e. The van der Waals surface area contributed by atoms with Crippen LogP contribution in [0, 0.1) is 12.3 Å². The molecular formula is C14H15NO. The number of hydrogen-bond donors (Lipinski definition) is 1. The second-order valence-corrected chi connectivity index (χ2v) is 4.43. The van der Waals surface area contributed by atoms with E-state index in [1.54, 1.807) is 6.92 Å². The SMILES string of the molecule is C#CCc1cc(C2(C(C)=O)CC2)ccc1N. The van der Waals surface area contributed by atoms with Crippen LogP contribution in [0.5, 0.6) is 0 Å². The molecule has 2 heteroatoms. The highest BCUT2D eigenvalue weighted by Crippen LogP contribution is 2.49. The topological polar surface area (TPSA) is 43.1 Å². The standard InChI is InChI=1S/C14H15NO/c1-3-4-11-9-12(5-6-13(11)15)14(7-8-14)10(2)16/h1,5-6,9H,4,7-8,15H2,2H3. The van der Waals surface area contributed by atoms with E-state index in [0.717, 1.165) is 24.0 Å². The Balaban J connectivity index is 2.41. The predicted octanol–water partition coefficient (Wildman–Crippen LogP) is 2.07. The molecule has 0 amide bonds. The maximum absolute atomic E-state index is 11.6. The maximum atomic E-state index is 11.6. The van der Waals surface area contributed by atoms with E-state index in [9.17, 15) is 4.79 Å². The third-order valence-electron chi connectivity index (χ3n) is 3.41. The van der Waals surface area contributed by atoms with Crippen molar-refractivity contribution in [3.63, 3.8) is 0 Å². The van der Waals surface area contributed by atoms with Crippen LogP contribution in [0.3, 0.4) is 0 Å². The smallest absolute Gasteiger partial charge is 0.140 e. The summed E-state index contributed by atoms with van der Waals surface area (Å²) in [7, 11) is 0. The number of carbonyl (C=O) groups is 1. The molecule has 16 heavy (non-hydrogen) atoms. The Labute approximate surface area is 95.8 Å². The van der Waals surface area contributed by atoms with Gasteiger partial charge in [0.05, 0.1) is 5.41 Å². The first-order valence-corrected chi connectivity index (χ1v) is 5.43. The minimum absolute atomic E-state index is 0.239. The summed E-state index contributed by atoms with van der Waals surface area (Å²) in [6.07, 6.45) is 7.71. The number of hydrogen-bond acceptors (Lipinski definition) is 2. The van der Waals surface area contributed by atoms with E-state index in [2.05, 4.69) is 5.92 Å². The van der Waals surface area contributed by atoms with Crippen molar-refractivity contribution in [3.8, 4) is 12.3 Å². The zero-order valence-electron chi connectivity index (χ0n) is 9.42. The molecular weight excluding hydrogens is 198 g/mol. The molecule has 0 spiro atoms. The molecule has 1 aromatic rings. The van der Waals surface area contributed by atoms with E-state index in [4.69, 9.17) is 12.2 Å². The highest BCUT2D eigenvalue weighted by molar-refractivity contribution is 5.91. The Morgan fingerprint density at radius 3 is 2.75 bits per heavy atom. The molecule has 0 aliphatic heterocycles. The molecule has 0 aromatic heterocycles. The third-order valence-corrected chi connectivity index (χ3v) is 3.41. The van der Waals surface area contributed by atoms with Crippen molar-refractivity contribution in [3.05, 3.63) is 29.3 Å². The Morgan fingerprint density at radius 2 is 2.25 bits per heavy atom. The molecule has 0 unspecified atom stereocenters. The fraction of sp³-hybridized carbons (Fsp3) is 0.357. The second kappa shape index (κ2) is 3.68. The highest BCUT2D eigenvalue weighted by Gasteiger charge is 2.48. The summed E-state index contributed by atoms with van der Waals surface area (Å²) in [5.41, 5.74) is 8.33. The third kappa shape index (κ3) is 1.59. The van der Waals surface area contributed by atoms with Gasteiger partial charge in [0.25, 0.3) is 0 Å². The van der Waals surface area contributed by atoms with E-state index in [1.807, 2.05) is 18.2 Å². The van der Waals surface area contributed by atoms with Crippen molar-refractivity contribution in [2.24, 2.45) is 0 Å². The molecule has 0 radical (unpaired) electrons. The van der Waals surface area contributed by atoms with Crippen LogP contribution in [0.4, 0.5) is 5.69 Å². The number of rotatable bonds is 3. The van der Waals surface area contributed by atoms with Crippen molar-refractivity contribution in [1.29, 1.82) is 0 Å². The van der Waals surface area contributed by atoms with Gasteiger partial charge in [-0.25, -0.2) is 0 Å². The van der Waals surface area contributed by atoms with Gasteiger partial charge >= 0.3 is 0 Å². The molecule has 1 aliphatic carbocycles. The number of anilines is 1. The average molecular weight is 213 g/mol. The number of Topliss-reactive ketones (excluding diaryl/α,β-unsaturated/α-hetero) is 1. The molecule has 2 nitrogen and oxygen atoms in total. The van der Waals surface area contributed by atoms with Gasteiger partial charge in [0.2, 0.25) is 0 Å². The van der Waals surface area contributed by atoms with Crippen molar-refractivity contribution in [2.45, 2.75) is 31.6 Å². The van der Waals surface area contributed by atoms with Crippen molar-refractivity contribution in [2.75, 3.05) is 5.73 Å². The minimum Gasteiger partial charge on any atom is -0.398 e. The molecule has 1 fully saturated rings. The van der Waals surface area contributed by atoms with Gasteiger partial charge in [-0.1, -0.05) is 12.1 Å². The summed E-state index contributed by atoms with van der Waals surface area (Å²) in [6.45, 7) is 1.66. The van der Waals surface area contributed by atoms with E-state index in [1.165, 1.54) is 0 Å². The lowest BCUT2D eigenvalue weighted by Gasteiger charge is -2.14. The van der Waals surface area contributed by atoms with Crippen LogP contribution in [-0.4, -0.2) is 5.78 Å². The van der Waals surface area contributed by atoms with Crippen LogP contribution in [0.15, 0.2) is 18.2 Å². The monoisotopic (exact) mass is 213 g/mol. The first-order valence-electron chi connectivity index (χ1n) is 5.43. The van der Waals surface area contributed by atoms with E-state index in [-0.39, 0.29) is 11.2 Å². The number of carbonyl (C=O) groups excluding carboxylic acids is 1. The van der Waals surface area contributed by atoms with Crippen molar-refractivity contribution in [1.82, 2.24) is 0 Å². The Morgan fingerprint density at radius 1 is 1.56 bits per heavy atom. The zero-order valence-corrected chi connectivity index (χ0v) is 9.42. The average Bonchev–Trinajstić information content (AvgIpc) is 3.02. The lowest BCUT2D eigenvalue weighted by atomic mass is 9.90. The Bertz CT molecular complexity index is 478. The quantitative estimate of drug-likeness (QED) is 0.617. The van der Waals surface area contributed by atoms with E-state index in [0.29, 0.717) is 12.1 Å². The fourth-order valence-electron chi connectivity index (χ4n) is 2.14. The van der Waals surface area contributed by atoms with Gasteiger partial charge < -0.3 is 5.73 Å². The van der Waals surface area contributed by atoms with Gasteiger partial charge in [-0.3, -0.25) is 4.79 Å². The fourth-order valence-corrected chi connectivity index (χ4v) is 2.14. The normalized spacial score (nSPS) is 16.5.